The molecule has 0 aliphatic heterocycles. The normalized spacial score (nSPS) is 11.2. The fourth-order valence-electron chi connectivity index (χ4n) is 6.06. The Balaban J connectivity index is 1.45. The number of nitrogens with zero attached hydrogens (tertiary/aromatic N) is 4. The van der Waals surface area contributed by atoms with E-state index in [0.29, 0.717) is 0 Å². The number of rotatable bonds is 5. The third-order valence-corrected chi connectivity index (χ3v) is 8.08. The van der Waals surface area contributed by atoms with Gasteiger partial charge in [-0.25, -0.2) is 0 Å². The number of pyridine rings is 4. The summed E-state index contributed by atoms with van der Waals surface area (Å²) in [4.78, 5) is 19.1. The third-order valence-electron chi connectivity index (χ3n) is 8.08. The van der Waals surface area contributed by atoms with E-state index >= 15 is 0 Å². The summed E-state index contributed by atoms with van der Waals surface area (Å²) in [6.45, 7) is 0. The Morgan fingerprint density at radius 2 is 0.773 bits per heavy atom. The molecule has 8 aromatic rings. The van der Waals surface area contributed by atoms with Crippen molar-refractivity contribution in [2.24, 2.45) is 0 Å². The highest BCUT2D eigenvalue weighted by molar-refractivity contribution is 6.21. The maximum Gasteiger partial charge on any atom is 0.0721 e. The molecule has 8 rings (SSSR count). The van der Waals surface area contributed by atoms with Crippen LogP contribution in [-0.4, -0.2) is 19.9 Å². The largest absolute Gasteiger partial charge is 0.256 e. The van der Waals surface area contributed by atoms with Gasteiger partial charge in [0.15, 0.2) is 0 Å². The van der Waals surface area contributed by atoms with Crippen molar-refractivity contribution in [1.29, 1.82) is 0 Å². The van der Waals surface area contributed by atoms with Crippen LogP contribution in [0.25, 0.3) is 77.7 Å². The van der Waals surface area contributed by atoms with Crippen molar-refractivity contribution in [3.05, 3.63) is 158 Å². The standard InChI is InChI=1S/C40H26N4/c1-2-10-27(11-3-1)28-16-17-33-34(24-28)40(38-26-30(19-23-44-38)36-15-7-9-21-42-36)32-13-5-4-12-31(32)39(33)37-25-29(18-22-43-37)35-14-6-8-20-41-35/h1-26H. The van der Waals surface area contributed by atoms with Gasteiger partial charge in [0.05, 0.1) is 22.8 Å². The SMILES string of the molecule is c1ccc(-c2ccc3c(-c4cc(-c5ccccn5)ccn4)c4ccccc4c(-c4cc(-c5ccccn5)ccn4)c3c2)cc1. The average Bonchev–Trinajstić information content (AvgIpc) is 3.11. The Labute approximate surface area is 255 Å². The highest BCUT2D eigenvalue weighted by Gasteiger charge is 2.19. The third kappa shape index (κ3) is 4.59. The summed E-state index contributed by atoms with van der Waals surface area (Å²) in [5, 5.41) is 4.49. The lowest BCUT2D eigenvalue weighted by Gasteiger charge is -2.18. The number of hydrogen-bond donors (Lipinski definition) is 0. The molecule has 4 nitrogen and oxygen atoms in total. The van der Waals surface area contributed by atoms with Crippen LogP contribution in [0.1, 0.15) is 0 Å². The van der Waals surface area contributed by atoms with E-state index in [2.05, 4.69) is 94.9 Å². The first-order chi connectivity index (χ1) is 21.8. The van der Waals surface area contributed by atoms with Gasteiger partial charge in [0, 0.05) is 47.0 Å². The van der Waals surface area contributed by atoms with Crippen LogP contribution in [0.3, 0.4) is 0 Å². The Bertz CT molecular complexity index is 2260. The molecule has 0 amide bonds. The van der Waals surface area contributed by atoms with E-state index in [9.17, 15) is 0 Å². The Kier molecular flexibility index (Phi) is 6.43. The van der Waals surface area contributed by atoms with Crippen molar-refractivity contribution in [3.8, 4) is 56.2 Å². The van der Waals surface area contributed by atoms with Crippen molar-refractivity contribution in [2.45, 2.75) is 0 Å². The molecule has 44 heavy (non-hydrogen) atoms. The predicted molar refractivity (Wildman–Crippen MR) is 180 cm³/mol. The van der Waals surface area contributed by atoms with Gasteiger partial charge in [-0.2, -0.15) is 0 Å². The zero-order valence-electron chi connectivity index (χ0n) is 23.8. The molecule has 0 saturated heterocycles. The van der Waals surface area contributed by atoms with E-state index in [0.717, 1.165) is 72.1 Å². The zero-order valence-corrected chi connectivity index (χ0v) is 23.8. The number of fused-ring (bicyclic) bond motifs is 2. The van der Waals surface area contributed by atoms with E-state index in [-0.39, 0.29) is 0 Å². The molecule has 0 aliphatic rings. The summed E-state index contributed by atoms with van der Waals surface area (Å²) in [7, 11) is 0. The Morgan fingerprint density at radius 3 is 1.34 bits per heavy atom. The maximum absolute atomic E-state index is 4.94. The quantitative estimate of drug-likeness (QED) is 0.196. The van der Waals surface area contributed by atoms with Crippen LogP contribution >= 0.6 is 0 Å². The molecule has 0 fully saturated rings. The topological polar surface area (TPSA) is 51.6 Å². The Hall–Kier alpha value is -6.00. The van der Waals surface area contributed by atoms with E-state index in [4.69, 9.17) is 9.97 Å². The van der Waals surface area contributed by atoms with Crippen molar-refractivity contribution < 1.29 is 0 Å². The number of aromatic nitrogens is 4. The molecule has 0 aliphatic carbocycles. The molecule has 0 saturated carbocycles. The molecule has 0 radical (unpaired) electrons. The lowest BCUT2D eigenvalue weighted by atomic mass is 9.86. The number of hydrogen-bond acceptors (Lipinski definition) is 4. The molecule has 206 valence electrons. The average molecular weight is 563 g/mol. The number of benzene rings is 4. The fraction of sp³-hybridized carbons (Fsp3) is 0. The molecular formula is C40H26N4. The van der Waals surface area contributed by atoms with Gasteiger partial charge in [-0.15, -0.1) is 0 Å². The van der Waals surface area contributed by atoms with Crippen molar-refractivity contribution >= 4 is 21.5 Å². The van der Waals surface area contributed by atoms with E-state index in [1.54, 1.807) is 0 Å². The second-order valence-corrected chi connectivity index (χ2v) is 10.7. The van der Waals surface area contributed by atoms with E-state index in [1.165, 1.54) is 5.56 Å². The summed E-state index contributed by atoms with van der Waals surface area (Å²) in [6, 6.07) is 46.2. The smallest absolute Gasteiger partial charge is 0.0721 e. The first-order valence-corrected chi connectivity index (χ1v) is 14.6. The minimum Gasteiger partial charge on any atom is -0.256 e. The molecule has 0 unspecified atom stereocenters. The van der Waals surface area contributed by atoms with Crippen molar-refractivity contribution in [1.82, 2.24) is 19.9 Å². The van der Waals surface area contributed by atoms with Gasteiger partial charge in [-0.05, 0) is 87.3 Å². The lowest BCUT2D eigenvalue weighted by molar-refractivity contribution is 1.29. The molecule has 0 N–H and O–H groups in total. The maximum atomic E-state index is 4.94. The first-order valence-electron chi connectivity index (χ1n) is 14.6. The fourth-order valence-corrected chi connectivity index (χ4v) is 6.06. The van der Waals surface area contributed by atoms with E-state index < -0.39 is 0 Å². The summed E-state index contributed by atoms with van der Waals surface area (Å²) >= 11 is 0. The molecule has 4 heteroatoms. The van der Waals surface area contributed by atoms with Gasteiger partial charge in [-0.1, -0.05) is 78.9 Å². The van der Waals surface area contributed by atoms with Crippen LogP contribution in [-0.2, 0) is 0 Å². The van der Waals surface area contributed by atoms with Crippen LogP contribution in [0.15, 0.2) is 158 Å². The van der Waals surface area contributed by atoms with Gasteiger partial charge in [0.25, 0.3) is 0 Å². The van der Waals surface area contributed by atoms with Crippen LogP contribution < -0.4 is 0 Å². The van der Waals surface area contributed by atoms with Crippen LogP contribution in [0, 0.1) is 0 Å². The molecule has 4 aromatic heterocycles. The summed E-state index contributed by atoms with van der Waals surface area (Å²) < 4.78 is 0. The summed E-state index contributed by atoms with van der Waals surface area (Å²) in [5.74, 6) is 0. The van der Waals surface area contributed by atoms with Crippen LogP contribution in [0.4, 0.5) is 0 Å². The van der Waals surface area contributed by atoms with Crippen LogP contribution in [0.5, 0.6) is 0 Å². The second-order valence-electron chi connectivity index (χ2n) is 10.7. The van der Waals surface area contributed by atoms with Gasteiger partial charge in [-0.3, -0.25) is 19.9 Å². The molecular weight excluding hydrogens is 536 g/mol. The van der Waals surface area contributed by atoms with Gasteiger partial charge in [0.2, 0.25) is 0 Å². The highest BCUT2D eigenvalue weighted by Crippen LogP contribution is 2.44. The highest BCUT2D eigenvalue weighted by atomic mass is 14.7. The first kappa shape index (κ1) is 25.7. The molecule has 4 heterocycles. The summed E-state index contributed by atoms with van der Waals surface area (Å²) in [5.41, 5.74) is 10.2. The van der Waals surface area contributed by atoms with E-state index in [1.807, 2.05) is 73.3 Å². The molecule has 0 spiro atoms. The zero-order chi connectivity index (χ0) is 29.3. The lowest BCUT2D eigenvalue weighted by Crippen LogP contribution is -1.95. The minimum atomic E-state index is 0.904. The predicted octanol–water partition coefficient (Wildman–Crippen LogP) is 9.91. The van der Waals surface area contributed by atoms with Crippen LogP contribution in [0.2, 0.25) is 0 Å². The van der Waals surface area contributed by atoms with Gasteiger partial charge < -0.3 is 0 Å². The molecule has 0 bridgehead atoms. The Morgan fingerprint density at radius 1 is 0.273 bits per heavy atom. The minimum absolute atomic E-state index is 0.904. The molecule has 0 atom stereocenters. The van der Waals surface area contributed by atoms with Gasteiger partial charge >= 0.3 is 0 Å². The second kappa shape index (κ2) is 11.0. The van der Waals surface area contributed by atoms with Gasteiger partial charge in [0.1, 0.15) is 0 Å². The van der Waals surface area contributed by atoms with Crippen molar-refractivity contribution in [3.63, 3.8) is 0 Å². The monoisotopic (exact) mass is 562 g/mol. The summed E-state index contributed by atoms with van der Waals surface area (Å²) in [6.07, 6.45) is 7.41. The molecule has 4 aromatic carbocycles. The van der Waals surface area contributed by atoms with Crippen molar-refractivity contribution in [2.75, 3.05) is 0 Å².